The van der Waals surface area contributed by atoms with Gasteiger partial charge in [-0.1, -0.05) is 0 Å². The number of hydrogen-bond acceptors (Lipinski definition) is 5. The minimum Gasteiger partial charge on any atom is -0.465 e. The highest BCUT2D eigenvalue weighted by Crippen LogP contribution is 2.22. The average Bonchev–Trinajstić information content (AvgIpc) is 2.37. The Labute approximate surface area is 123 Å². The molecule has 21 heavy (non-hydrogen) atoms. The lowest BCUT2D eigenvalue weighted by molar-refractivity contribution is 0.0596. The molecule has 0 atom stereocenters. The third-order valence-corrected chi connectivity index (χ3v) is 2.63. The number of anilines is 1. The molecule has 0 aromatic heterocycles. The van der Waals surface area contributed by atoms with Gasteiger partial charge >= 0.3 is 12.1 Å². The first-order valence-electron chi connectivity index (χ1n) is 6.36. The molecule has 0 bridgehead atoms. The van der Waals surface area contributed by atoms with Crippen molar-refractivity contribution in [1.29, 1.82) is 0 Å². The summed E-state index contributed by atoms with van der Waals surface area (Å²) in [6.45, 7) is 6.88. The molecule has 1 aromatic rings. The quantitative estimate of drug-likeness (QED) is 0.684. The summed E-state index contributed by atoms with van der Waals surface area (Å²) in [5.41, 5.74) is 0.698. The Kier molecular flexibility index (Phi) is 5.07. The molecule has 0 saturated carbocycles. The van der Waals surface area contributed by atoms with E-state index in [1.54, 1.807) is 27.7 Å². The fourth-order valence-corrected chi connectivity index (χ4v) is 1.64. The molecule has 1 rings (SSSR count). The summed E-state index contributed by atoms with van der Waals surface area (Å²) in [6.07, 6.45) is -0.0494. The molecule has 114 valence electrons. The number of rotatable bonds is 3. The van der Waals surface area contributed by atoms with E-state index < -0.39 is 17.7 Å². The van der Waals surface area contributed by atoms with E-state index in [4.69, 9.17) is 4.74 Å². The zero-order valence-corrected chi connectivity index (χ0v) is 12.8. The van der Waals surface area contributed by atoms with Crippen LogP contribution in [0.5, 0.6) is 0 Å². The van der Waals surface area contributed by atoms with E-state index in [1.165, 1.54) is 19.2 Å². The highest BCUT2D eigenvalue weighted by atomic mass is 16.6. The molecule has 1 aromatic carbocycles. The monoisotopic (exact) mass is 293 g/mol. The molecular weight excluding hydrogens is 274 g/mol. The van der Waals surface area contributed by atoms with Crippen molar-refractivity contribution in [2.24, 2.45) is 0 Å². The van der Waals surface area contributed by atoms with Crippen LogP contribution in [0.4, 0.5) is 10.5 Å². The number of nitrogens with one attached hydrogen (secondary N) is 1. The van der Waals surface area contributed by atoms with Crippen molar-refractivity contribution in [3.05, 3.63) is 28.8 Å². The largest absolute Gasteiger partial charge is 0.465 e. The highest BCUT2D eigenvalue weighted by Gasteiger charge is 2.19. The topological polar surface area (TPSA) is 81.7 Å². The van der Waals surface area contributed by atoms with Crippen molar-refractivity contribution in [3.63, 3.8) is 0 Å². The Hall–Kier alpha value is -2.37. The Balaban J connectivity index is 3.13. The van der Waals surface area contributed by atoms with E-state index in [2.05, 4.69) is 10.1 Å². The second kappa shape index (κ2) is 6.39. The van der Waals surface area contributed by atoms with Gasteiger partial charge < -0.3 is 9.47 Å². The van der Waals surface area contributed by atoms with Crippen LogP contribution in [0.2, 0.25) is 0 Å². The van der Waals surface area contributed by atoms with Gasteiger partial charge in [-0.2, -0.15) is 0 Å². The first-order valence-corrected chi connectivity index (χ1v) is 6.36. The first-order chi connectivity index (χ1) is 9.67. The number of ether oxygens (including phenoxy) is 2. The van der Waals surface area contributed by atoms with Gasteiger partial charge in [-0.05, 0) is 45.4 Å². The van der Waals surface area contributed by atoms with Gasteiger partial charge in [-0.3, -0.25) is 10.1 Å². The number of amides is 1. The van der Waals surface area contributed by atoms with Crippen molar-refractivity contribution in [2.45, 2.75) is 33.3 Å². The fourth-order valence-electron chi connectivity index (χ4n) is 1.64. The standard InChI is InChI=1S/C15H19NO5/c1-9-11(8-17)6-10(13(18)20-5)7-12(9)16-14(19)21-15(2,3)4/h6-8H,1-5H3,(H,16,19). The molecule has 6 nitrogen and oxygen atoms in total. The predicted octanol–water partition coefficient (Wildman–Crippen LogP) is 2.94. The highest BCUT2D eigenvalue weighted by molar-refractivity contribution is 5.96. The minimum absolute atomic E-state index is 0.177. The van der Waals surface area contributed by atoms with Gasteiger partial charge in [-0.15, -0.1) is 0 Å². The molecule has 0 saturated heterocycles. The van der Waals surface area contributed by atoms with E-state index >= 15 is 0 Å². The van der Waals surface area contributed by atoms with Crippen LogP contribution in [-0.4, -0.2) is 31.1 Å². The molecule has 0 aliphatic carbocycles. The van der Waals surface area contributed by atoms with Crippen LogP contribution < -0.4 is 5.32 Å². The third-order valence-electron chi connectivity index (χ3n) is 2.63. The molecule has 1 N–H and O–H groups in total. The lowest BCUT2D eigenvalue weighted by atomic mass is 10.0. The Morgan fingerprint density at radius 1 is 1.24 bits per heavy atom. The lowest BCUT2D eigenvalue weighted by Crippen LogP contribution is -2.27. The van der Waals surface area contributed by atoms with E-state index in [-0.39, 0.29) is 5.56 Å². The maximum Gasteiger partial charge on any atom is 0.412 e. The second-order valence-electron chi connectivity index (χ2n) is 5.47. The third kappa shape index (κ3) is 4.59. The van der Waals surface area contributed by atoms with Gasteiger partial charge in [0.2, 0.25) is 0 Å². The Morgan fingerprint density at radius 3 is 2.33 bits per heavy atom. The zero-order chi connectivity index (χ0) is 16.2. The molecule has 0 aliphatic rings. The maximum atomic E-state index is 11.8. The van der Waals surface area contributed by atoms with Crippen LogP contribution in [0.1, 0.15) is 47.1 Å². The van der Waals surface area contributed by atoms with E-state index in [1.807, 2.05) is 0 Å². The summed E-state index contributed by atoms with van der Waals surface area (Å²) >= 11 is 0. The van der Waals surface area contributed by atoms with Gasteiger partial charge in [0, 0.05) is 11.3 Å². The van der Waals surface area contributed by atoms with Gasteiger partial charge in [0.15, 0.2) is 0 Å². The van der Waals surface area contributed by atoms with Crippen molar-refractivity contribution in [2.75, 3.05) is 12.4 Å². The molecule has 0 unspecified atom stereocenters. The van der Waals surface area contributed by atoms with Crippen molar-refractivity contribution in [3.8, 4) is 0 Å². The number of aldehydes is 1. The van der Waals surface area contributed by atoms with Crippen LogP contribution in [-0.2, 0) is 9.47 Å². The van der Waals surface area contributed by atoms with Crippen molar-refractivity contribution < 1.29 is 23.9 Å². The number of carbonyl (C=O) groups excluding carboxylic acids is 3. The number of carbonyl (C=O) groups is 3. The first kappa shape index (κ1) is 16.7. The number of esters is 1. The molecule has 0 radical (unpaired) electrons. The smallest absolute Gasteiger partial charge is 0.412 e. The molecule has 0 fully saturated rings. The summed E-state index contributed by atoms with van der Waals surface area (Å²) in [7, 11) is 1.24. The maximum absolute atomic E-state index is 11.8. The van der Waals surface area contributed by atoms with E-state index in [9.17, 15) is 14.4 Å². The normalized spacial score (nSPS) is 10.7. The molecule has 0 aliphatic heterocycles. The summed E-state index contributed by atoms with van der Waals surface area (Å²) in [4.78, 5) is 34.4. The van der Waals surface area contributed by atoms with Gasteiger partial charge in [0.25, 0.3) is 0 Å². The Morgan fingerprint density at radius 2 is 1.86 bits per heavy atom. The molecule has 0 heterocycles. The molecular formula is C15H19NO5. The predicted molar refractivity (Wildman–Crippen MR) is 77.8 cm³/mol. The number of methoxy groups -OCH3 is 1. The van der Waals surface area contributed by atoms with Gasteiger partial charge in [0.1, 0.15) is 11.9 Å². The summed E-state index contributed by atoms with van der Waals surface area (Å²) < 4.78 is 9.76. The van der Waals surface area contributed by atoms with E-state index in [0.717, 1.165) is 0 Å². The zero-order valence-electron chi connectivity index (χ0n) is 12.8. The minimum atomic E-state index is -0.663. The van der Waals surface area contributed by atoms with Crippen molar-refractivity contribution >= 4 is 24.0 Å². The van der Waals surface area contributed by atoms with Crippen molar-refractivity contribution in [1.82, 2.24) is 0 Å². The Bertz CT molecular complexity index is 572. The van der Waals surface area contributed by atoms with Gasteiger partial charge in [-0.25, -0.2) is 9.59 Å². The summed E-state index contributed by atoms with van der Waals surface area (Å²) in [6, 6.07) is 2.85. The summed E-state index contributed by atoms with van der Waals surface area (Å²) in [5.74, 6) is -0.592. The van der Waals surface area contributed by atoms with Gasteiger partial charge in [0.05, 0.1) is 12.7 Å². The molecule has 0 spiro atoms. The lowest BCUT2D eigenvalue weighted by Gasteiger charge is -2.20. The van der Waals surface area contributed by atoms with Crippen LogP contribution >= 0.6 is 0 Å². The summed E-state index contributed by atoms with van der Waals surface area (Å²) in [5, 5.41) is 2.53. The number of benzene rings is 1. The number of hydrogen-bond donors (Lipinski definition) is 1. The second-order valence-corrected chi connectivity index (χ2v) is 5.47. The van der Waals surface area contributed by atoms with Crippen LogP contribution in [0.3, 0.4) is 0 Å². The average molecular weight is 293 g/mol. The molecule has 1 amide bonds. The molecule has 6 heteroatoms. The fraction of sp³-hybridized carbons (Fsp3) is 0.400. The van der Waals surface area contributed by atoms with Crippen LogP contribution in [0, 0.1) is 6.92 Å². The SMILES string of the molecule is COC(=O)c1cc(C=O)c(C)c(NC(=O)OC(C)(C)C)c1. The van der Waals surface area contributed by atoms with E-state index in [0.29, 0.717) is 23.1 Å². The van der Waals surface area contributed by atoms with Crippen LogP contribution in [0.15, 0.2) is 12.1 Å². The van der Waals surface area contributed by atoms with Crippen LogP contribution in [0.25, 0.3) is 0 Å².